The zero-order chi connectivity index (χ0) is 18.6. The number of benzene rings is 1. The van der Waals surface area contributed by atoms with Crippen molar-refractivity contribution in [3.63, 3.8) is 0 Å². The minimum absolute atomic E-state index is 0.0468. The molecule has 0 saturated carbocycles. The van der Waals surface area contributed by atoms with Crippen LogP contribution in [-0.2, 0) is 18.4 Å². The van der Waals surface area contributed by atoms with Gasteiger partial charge >= 0.3 is 16.9 Å². The topological polar surface area (TPSA) is 96.4 Å². The number of nitro groups is 1. The number of methoxy groups -OCH3 is 1. The number of hydrogen-bond acceptors (Lipinski definition) is 5. The predicted molar refractivity (Wildman–Crippen MR) is 96.6 cm³/mol. The van der Waals surface area contributed by atoms with Crippen molar-refractivity contribution in [3.05, 3.63) is 66.5 Å². The van der Waals surface area contributed by atoms with E-state index in [1.807, 2.05) is 6.92 Å². The Labute approximate surface area is 151 Å². The lowest BCUT2D eigenvalue weighted by Gasteiger charge is -2.14. The van der Waals surface area contributed by atoms with Gasteiger partial charge in [0.05, 0.1) is 23.9 Å². The van der Waals surface area contributed by atoms with Crippen LogP contribution in [0.5, 0.6) is 5.75 Å². The number of aromatic nitrogens is 2. The number of halogens is 1. The molecule has 25 heavy (non-hydrogen) atoms. The summed E-state index contributed by atoms with van der Waals surface area (Å²) in [4.78, 5) is 35.9. The van der Waals surface area contributed by atoms with Gasteiger partial charge in [0, 0.05) is 6.54 Å². The lowest BCUT2D eigenvalue weighted by molar-refractivity contribution is -0.387. The molecule has 0 amide bonds. The van der Waals surface area contributed by atoms with Gasteiger partial charge in [0.15, 0.2) is 0 Å². The first-order valence-corrected chi connectivity index (χ1v) is 8.76. The second-order valence-electron chi connectivity index (χ2n) is 5.36. The van der Waals surface area contributed by atoms with Gasteiger partial charge in [-0.25, -0.2) is 9.36 Å². The lowest BCUT2D eigenvalue weighted by atomic mass is 10.2. The molecule has 0 saturated heterocycles. The monoisotopic (exact) mass is 411 g/mol. The van der Waals surface area contributed by atoms with Crippen molar-refractivity contribution in [1.82, 2.24) is 9.13 Å². The number of alkyl halides is 1. The Hall–Kier alpha value is -2.42. The maximum Gasteiger partial charge on any atom is 0.354 e. The molecule has 0 aliphatic rings. The summed E-state index contributed by atoms with van der Waals surface area (Å²) in [7, 11) is 1.53. The molecule has 0 radical (unpaired) electrons. The van der Waals surface area contributed by atoms with E-state index in [-0.39, 0.29) is 17.6 Å². The SMILES string of the molecule is CCCn1c(CBr)c([N+](=O)[O-])c(=O)n(Cc2ccc(OC)cc2)c1=O. The quantitative estimate of drug-likeness (QED) is 0.395. The Morgan fingerprint density at radius 1 is 1.20 bits per heavy atom. The van der Waals surface area contributed by atoms with Crippen molar-refractivity contribution < 1.29 is 9.66 Å². The third-order valence-electron chi connectivity index (χ3n) is 3.76. The van der Waals surface area contributed by atoms with Crippen molar-refractivity contribution in [2.45, 2.75) is 31.8 Å². The van der Waals surface area contributed by atoms with Crippen LogP contribution in [0, 0.1) is 10.1 Å². The van der Waals surface area contributed by atoms with E-state index in [0.717, 1.165) is 4.57 Å². The van der Waals surface area contributed by atoms with Gasteiger partial charge in [0.2, 0.25) is 0 Å². The fourth-order valence-electron chi connectivity index (χ4n) is 2.55. The molecule has 9 heteroatoms. The molecular weight excluding hydrogens is 394 g/mol. The number of rotatable bonds is 7. The molecule has 0 spiro atoms. The average Bonchev–Trinajstić information content (AvgIpc) is 2.60. The van der Waals surface area contributed by atoms with Gasteiger partial charge < -0.3 is 4.74 Å². The number of ether oxygens (including phenoxy) is 1. The van der Waals surface area contributed by atoms with Gasteiger partial charge in [-0.1, -0.05) is 35.0 Å². The minimum atomic E-state index is -0.896. The largest absolute Gasteiger partial charge is 0.497 e. The highest BCUT2D eigenvalue weighted by Gasteiger charge is 2.26. The van der Waals surface area contributed by atoms with Crippen molar-refractivity contribution in [3.8, 4) is 5.75 Å². The third-order valence-corrected chi connectivity index (χ3v) is 4.30. The van der Waals surface area contributed by atoms with Crippen LogP contribution in [0.2, 0.25) is 0 Å². The fourth-order valence-corrected chi connectivity index (χ4v) is 3.12. The number of hydrogen-bond donors (Lipinski definition) is 0. The molecule has 2 aromatic rings. The summed E-state index contributed by atoms with van der Waals surface area (Å²) in [5.74, 6) is 0.639. The summed E-state index contributed by atoms with van der Waals surface area (Å²) >= 11 is 3.15. The highest BCUT2D eigenvalue weighted by Crippen LogP contribution is 2.16. The van der Waals surface area contributed by atoms with Crippen LogP contribution in [-0.4, -0.2) is 21.2 Å². The van der Waals surface area contributed by atoms with Crippen LogP contribution in [0.4, 0.5) is 5.69 Å². The summed E-state index contributed by atoms with van der Waals surface area (Å²) in [6, 6.07) is 6.82. The molecule has 0 bridgehead atoms. The molecule has 0 unspecified atom stereocenters. The zero-order valence-corrected chi connectivity index (χ0v) is 15.5. The van der Waals surface area contributed by atoms with E-state index in [4.69, 9.17) is 4.74 Å². The predicted octanol–water partition coefficient (Wildman–Crippen LogP) is 2.28. The normalized spacial score (nSPS) is 10.7. The lowest BCUT2D eigenvalue weighted by Crippen LogP contribution is -2.42. The van der Waals surface area contributed by atoms with E-state index in [0.29, 0.717) is 24.3 Å². The molecule has 0 atom stereocenters. The first-order chi connectivity index (χ1) is 11.9. The maximum absolute atomic E-state index is 12.7. The first kappa shape index (κ1) is 18.9. The summed E-state index contributed by atoms with van der Waals surface area (Å²) in [6.07, 6.45) is 0.609. The second kappa shape index (κ2) is 8.11. The Morgan fingerprint density at radius 2 is 1.84 bits per heavy atom. The highest BCUT2D eigenvalue weighted by atomic mass is 79.9. The molecule has 8 nitrogen and oxygen atoms in total. The van der Waals surface area contributed by atoms with E-state index >= 15 is 0 Å². The molecular formula is C16H18BrN3O5. The van der Waals surface area contributed by atoms with E-state index in [1.165, 1.54) is 11.7 Å². The first-order valence-electron chi connectivity index (χ1n) is 7.64. The molecule has 0 fully saturated rings. The molecule has 0 aliphatic carbocycles. The average molecular weight is 412 g/mol. The second-order valence-corrected chi connectivity index (χ2v) is 5.92. The van der Waals surface area contributed by atoms with Crippen molar-refractivity contribution in [2.75, 3.05) is 7.11 Å². The molecule has 1 aromatic carbocycles. The van der Waals surface area contributed by atoms with Gasteiger partial charge in [-0.05, 0) is 24.1 Å². The summed E-state index contributed by atoms with van der Waals surface area (Å²) in [5.41, 5.74) is -1.26. The van der Waals surface area contributed by atoms with E-state index in [2.05, 4.69) is 15.9 Å². The van der Waals surface area contributed by atoms with Gasteiger partial charge in [0.1, 0.15) is 11.4 Å². The number of nitrogens with zero attached hydrogens (tertiary/aromatic N) is 3. The summed E-state index contributed by atoms with van der Waals surface area (Å²) < 4.78 is 7.26. The standard InChI is InChI=1S/C16H18BrN3O5/c1-3-8-18-13(9-17)14(20(23)24)15(21)19(16(18)22)10-11-4-6-12(25-2)7-5-11/h4-7H,3,8-10H2,1-2H3. The van der Waals surface area contributed by atoms with Gasteiger partial charge in [-0.3, -0.25) is 19.5 Å². The van der Waals surface area contributed by atoms with Gasteiger partial charge in [-0.15, -0.1) is 0 Å². The molecule has 134 valence electrons. The van der Waals surface area contributed by atoms with Crippen LogP contribution in [0.15, 0.2) is 33.9 Å². The van der Waals surface area contributed by atoms with Crippen molar-refractivity contribution >= 4 is 21.6 Å². The maximum atomic E-state index is 12.7. The van der Waals surface area contributed by atoms with Crippen LogP contribution >= 0.6 is 15.9 Å². The molecule has 1 heterocycles. The van der Waals surface area contributed by atoms with Crippen molar-refractivity contribution in [2.24, 2.45) is 0 Å². The Bertz CT molecular complexity index is 886. The van der Waals surface area contributed by atoms with Crippen LogP contribution in [0.3, 0.4) is 0 Å². The molecule has 0 N–H and O–H groups in total. The fraction of sp³-hybridized carbons (Fsp3) is 0.375. The summed E-state index contributed by atoms with van der Waals surface area (Å²) in [5, 5.41) is 11.4. The minimum Gasteiger partial charge on any atom is -0.497 e. The summed E-state index contributed by atoms with van der Waals surface area (Å²) in [6.45, 7) is 2.10. The highest BCUT2D eigenvalue weighted by molar-refractivity contribution is 9.08. The van der Waals surface area contributed by atoms with E-state index in [9.17, 15) is 19.7 Å². The van der Waals surface area contributed by atoms with Crippen molar-refractivity contribution in [1.29, 1.82) is 0 Å². The van der Waals surface area contributed by atoms with Crippen LogP contribution in [0.1, 0.15) is 24.6 Å². The van der Waals surface area contributed by atoms with E-state index < -0.39 is 21.9 Å². The molecule has 1 aromatic heterocycles. The molecule has 2 rings (SSSR count). The van der Waals surface area contributed by atoms with E-state index in [1.54, 1.807) is 24.3 Å². The Morgan fingerprint density at radius 3 is 2.32 bits per heavy atom. The molecule has 0 aliphatic heterocycles. The third kappa shape index (κ3) is 3.81. The zero-order valence-electron chi connectivity index (χ0n) is 13.9. The Balaban J connectivity index is 2.65. The van der Waals surface area contributed by atoms with Crippen LogP contribution in [0.25, 0.3) is 0 Å². The van der Waals surface area contributed by atoms with Gasteiger partial charge in [-0.2, -0.15) is 0 Å². The van der Waals surface area contributed by atoms with Gasteiger partial charge in [0.25, 0.3) is 0 Å². The van der Waals surface area contributed by atoms with Crippen LogP contribution < -0.4 is 16.0 Å². The smallest absolute Gasteiger partial charge is 0.354 e. The Kier molecular flexibility index (Phi) is 6.13.